The van der Waals surface area contributed by atoms with Gasteiger partial charge in [-0.25, -0.2) is 0 Å². The summed E-state index contributed by atoms with van der Waals surface area (Å²) in [6.07, 6.45) is 8.43. The van der Waals surface area contributed by atoms with Crippen LogP contribution in [0.3, 0.4) is 0 Å². The first kappa shape index (κ1) is 15.3. The van der Waals surface area contributed by atoms with Crippen LogP contribution >= 0.6 is 11.6 Å². The Bertz CT molecular complexity index is 168. The fourth-order valence-corrected chi connectivity index (χ4v) is 2.71. The van der Waals surface area contributed by atoms with Gasteiger partial charge in [0.25, 0.3) is 0 Å². The summed E-state index contributed by atoms with van der Waals surface area (Å²) in [5.41, 5.74) is 0. The van der Waals surface area contributed by atoms with Gasteiger partial charge >= 0.3 is 0 Å². The van der Waals surface area contributed by atoms with E-state index in [-0.39, 0.29) is 0 Å². The zero-order chi connectivity index (χ0) is 12.3. The van der Waals surface area contributed by atoms with E-state index in [1.54, 1.807) is 0 Å². The van der Waals surface area contributed by atoms with Crippen LogP contribution in [0.2, 0.25) is 0 Å². The van der Waals surface area contributed by atoms with E-state index in [1.165, 1.54) is 71.2 Å². The Balaban J connectivity index is 1.91. The van der Waals surface area contributed by atoms with E-state index in [0.29, 0.717) is 0 Å². The molecule has 0 bridgehead atoms. The standard InChI is InChI=1S/C14H29ClN2/c1-2-3-4-5-6-7-9-16-11-13-17(10-8-15)14-12-16/h2-14H2,1H3. The second kappa shape index (κ2) is 10.2. The number of hydrogen-bond donors (Lipinski definition) is 0. The molecule has 1 aliphatic heterocycles. The fraction of sp³-hybridized carbons (Fsp3) is 1.00. The summed E-state index contributed by atoms with van der Waals surface area (Å²) < 4.78 is 0. The summed E-state index contributed by atoms with van der Waals surface area (Å²) in [4.78, 5) is 5.09. The van der Waals surface area contributed by atoms with Gasteiger partial charge in [0.2, 0.25) is 0 Å². The van der Waals surface area contributed by atoms with Gasteiger partial charge in [-0.3, -0.25) is 4.90 Å². The Morgan fingerprint density at radius 1 is 0.765 bits per heavy atom. The van der Waals surface area contributed by atoms with Crippen molar-refractivity contribution in [3.63, 3.8) is 0 Å². The lowest BCUT2D eigenvalue weighted by molar-refractivity contribution is 0.136. The third-order valence-electron chi connectivity index (χ3n) is 3.69. The van der Waals surface area contributed by atoms with Crippen molar-refractivity contribution in [3.8, 4) is 0 Å². The maximum absolute atomic E-state index is 5.76. The Labute approximate surface area is 112 Å². The summed E-state index contributed by atoms with van der Waals surface area (Å²) in [7, 11) is 0. The normalized spacial score (nSPS) is 18.7. The van der Waals surface area contributed by atoms with E-state index in [4.69, 9.17) is 11.6 Å². The van der Waals surface area contributed by atoms with Crippen LogP contribution < -0.4 is 0 Å². The van der Waals surface area contributed by atoms with Gasteiger partial charge in [0.05, 0.1) is 0 Å². The van der Waals surface area contributed by atoms with Crippen molar-refractivity contribution in [2.45, 2.75) is 45.4 Å². The first-order valence-electron chi connectivity index (χ1n) is 7.37. The third-order valence-corrected chi connectivity index (χ3v) is 3.86. The molecule has 0 aromatic carbocycles. The summed E-state index contributed by atoms with van der Waals surface area (Å²) in [5.74, 6) is 0.775. The highest BCUT2D eigenvalue weighted by Crippen LogP contribution is 2.08. The van der Waals surface area contributed by atoms with Gasteiger partial charge in [0.1, 0.15) is 0 Å². The van der Waals surface area contributed by atoms with Crippen molar-refractivity contribution in [1.82, 2.24) is 9.80 Å². The van der Waals surface area contributed by atoms with Crippen molar-refractivity contribution in [2.24, 2.45) is 0 Å². The van der Waals surface area contributed by atoms with Gasteiger partial charge in [-0.1, -0.05) is 39.0 Å². The molecule has 1 heterocycles. The lowest BCUT2D eigenvalue weighted by Gasteiger charge is -2.34. The van der Waals surface area contributed by atoms with Gasteiger partial charge in [0, 0.05) is 38.6 Å². The molecule has 102 valence electrons. The molecule has 0 amide bonds. The van der Waals surface area contributed by atoms with E-state index in [2.05, 4.69) is 16.7 Å². The zero-order valence-corrected chi connectivity index (χ0v) is 12.2. The van der Waals surface area contributed by atoms with Gasteiger partial charge in [-0.05, 0) is 13.0 Å². The number of nitrogens with zero attached hydrogens (tertiary/aromatic N) is 2. The zero-order valence-electron chi connectivity index (χ0n) is 11.5. The quantitative estimate of drug-likeness (QED) is 0.464. The summed E-state index contributed by atoms with van der Waals surface area (Å²) in [6.45, 7) is 9.55. The molecule has 0 aliphatic carbocycles. The molecule has 1 aliphatic rings. The second-order valence-corrected chi connectivity index (χ2v) is 5.52. The minimum Gasteiger partial charge on any atom is -0.301 e. The lowest BCUT2D eigenvalue weighted by atomic mass is 10.1. The van der Waals surface area contributed by atoms with Crippen molar-refractivity contribution < 1.29 is 0 Å². The molecule has 2 nitrogen and oxygen atoms in total. The Kier molecular flexibility index (Phi) is 9.13. The molecule has 0 saturated carbocycles. The molecule has 0 atom stereocenters. The summed E-state index contributed by atoms with van der Waals surface area (Å²) in [5, 5.41) is 0. The van der Waals surface area contributed by atoms with Crippen molar-refractivity contribution >= 4 is 11.6 Å². The first-order valence-corrected chi connectivity index (χ1v) is 7.91. The molecular weight excluding hydrogens is 232 g/mol. The molecule has 0 unspecified atom stereocenters. The second-order valence-electron chi connectivity index (χ2n) is 5.14. The van der Waals surface area contributed by atoms with Crippen LogP contribution in [0, 0.1) is 0 Å². The number of piperazine rings is 1. The molecule has 0 spiro atoms. The topological polar surface area (TPSA) is 6.48 Å². The molecule has 3 heteroatoms. The monoisotopic (exact) mass is 260 g/mol. The van der Waals surface area contributed by atoms with Crippen LogP contribution in [0.1, 0.15) is 45.4 Å². The minimum atomic E-state index is 0.775. The highest BCUT2D eigenvalue weighted by molar-refractivity contribution is 6.18. The van der Waals surface area contributed by atoms with Gasteiger partial charge in [-0.2, -0.15) is 0 Å². The Hall–Kier alpha value is 0.210. The molecule has 0 aromatic heterocycles. The number of unbranched alkanes of at least 4 members (excludes halogenated alkanes) is 5. The Morgan fingerprint density at radius 3 is 1.88 bits per heavy atom. The van der Waals surface area contributed by atoms with Crippen molar-refractivity contribution in [1.29, 1.82) is 0 Å². The molecule has 1 rings (SSSR count). The van der Waals surface area contributed by atoms with Crippen molar-refractivity contribution in [2.75, 3.05) is 45.1 Å². The largest absolute Gasteiger partial charge is 0.301 e. The average Bonchev–Trinajstić information content (AvgIpc) is 2.36. The smallest absolute Gasteiger partial charge is 0.0351 e. The van der Waals surface area contributed by atoms with E-state index in [9.17, 15) is 0 Å². The first-order chi connectivity index (χ1) is 8.36. The van der Waals surface area contributed by atoms with E-state index >= 15 is 0 Å². The average molecular weight is 261 g/mol. The van der Waals surface area contributed by atoms with Crippen LogP contribution in [0.4, 0.5) is 0 Å². The predicted molar refractivity (Wildman–Crippen MR) is 77.0 cm³/mol. The number of rotatable bonds is 9. The maximum Gasteiger partial charge on any atom is 0.0351 e. The van der Waals surface area contributed by atoms with Gasteiger partial charge in [0.15, 0.2) is 0 Å². The summed E-state index contributed by atoms with van der Waals surface area (Å²) in [6, 6.07) is 0. The fourth-order valence-electron chi connectivity index (χ4n) is 2.47. The van der Waals surface area contributed by atoms with Crippen LogP contribution in [0.25, 0.3) is 0 Å². The number of hydrogen-bond acceptors (Lipinski definition) is 2. The van der Waals surface area contributed by atoms with Crippen LogP contribution in [0.5, 0.6) is 0 Å². The highest BCUT2D eigenvalue weighted by Gasteiger charge is 2.15. The molecule has 1 fully saturated rings. The van der Waals surface area contributed by atoms with Crippen molar-refractivity contribution in [3.05, 3.63) is 0 Å². The summed E-state index contributed by atoms with van der Waals surface area (Å²) >= 11 is 5.76. The molecular formula is C14H29ClN2. The molecule has 1 saturated heterocycles. The molecule has 0 N–H and O–H groups in total. The van der Waals surface area contributed by atoms with Gasteiger partial charge < -0.3 is 4.90 Å². The minimum absolute atomic E-state index is 0.775. The SMILES string of the molecule is CCCCCCCCN1CCN(CCCl)CC1. The third kappa shape index (κ3) is 7.28. The van der Waals surface area contributed by atoms with E-state index < -0.39 is 0 Å². The van der Waals surface area contributed by atoms with Crippen LogP contribution in [-0.4, -0.2) is 54.9 Å². The molecule has 0 radical (unpaired) electrons. The predicted octanol–water partition coefficient (Wildman–Crippen LogP) is 3.20. The van der Waals surface area contributed by atoms with Crippen LogP contribution in [-0.2, 0) is 0 Å². The molecule has 17 heavy (non-hydrogen) atoms. The van der Waals surface area contributed by atoms with E-state index in [1.807, 2.05) is 0 Å². The number of halogens is 1. The highest BCUT2D eigenvalue weighted by atomic mass is 35.5. The van der Waals surface area contributed by atoms with Gasteiger partial charge in [-0.15, -0.1) is 11.6 Å². The maximum atomic E-state index is 5.76. The van der Waals surface area contributed by atoms with E-state index in [0.717, 1.165) is 12.4 Å². The lowest BCUT2D eigenvalue weighted by Crippen LogP contribution is -2.47. The van der Waals surface area contributed by atoms with Crippen LogP contribution in [0.15, 0.2) is 0 Å². The Morgan fingerprint density at radius 2 is 1.29 bits per heavy atom. The number of alkyl halides is 1. The molecule has 0 aromatic rings.